The number of nitrogens with one attached hydrogen (secondary N) is 1. The van der Waals surface area contributed by atoms with Gasteiger partial charge in [0.25, 0.3) is 5.69 Å². The lowest BCUT2D eigenvalue weighted by atomic mass is 10.2. The maximum Gasteiger partial charge on any atom is 0.270 e. The topological polar surface area (TPSA) is 55.2 Å². The molecule has 2 aromatic carbocycles. The first-order valence-corrected chi connectivity index (χ1v) is 7.55. The summed E-state index contributed by atoms with van der Waals surface area (Å²) in [4.78, 5) is 10.4. The van der Waals surface area contributed by atoms with Crippen LogP contribution in [-0.4, -0.2) is 4.92 Å². The van der Waals surface area contributed by atoms with Gasteiger partial charge in [-0.25, -0.2) is 0 Å². The number of non-ortho nitro benzene ring substituents is 1. The van der Waals surface area contributed by atoms with Crippen molar-refractivity contribution in [2.45, 2.75) is 6.54 Å². The van der Waals surface area contributed by atoms with E-state index in [0.29, 0.717) is 16.0 Å². The molecule has 0 aliphatic heterocycles. The molecule has 0 atom stereocenters. The van der Waals surface area contributed by atoms with Gasteiger partial charge in [-0.3, -0.25) is 10.1 Å². The maximum absolute atomic E-state index is 10.8. The fourth-order valence-electron chi connectivity index (χ4n) is 1.68. The smallest absolute Gasteiger partial charge is 0.270 e. The molecule has 0 saturated heterocycles. The van der Waals surface area contributed by atoms with Crippen LogP contribution >= 0.6 is 43.5 Å². The fraction of sp³-hybridized carbons (Fsp3) is 0.0769. The highest BCUT2D eigenvalue weighted by molar-refractivity contribution is 9.11. The van der Waals surface area contributed by atoms with Crippen LogP contribution in [0.3, 0.4) is 0 Å². The molecule has 0 unspecified atom stereocenters. The van der Waals surface area contributed by atoms with Crippen LogP contribution in [0.5, 0.6) is 0 Å². The summed E-state index contributed by atoms with van der Waals surface area (Å²) in [6.45, 7) is 0.458. The van der Waals surface area contributed by atoms with Crippen molar-refractivity contribution in [3.8, 4) is 0 Å². The molecule has 104 valence electrons. The minimum absolute atomic E-state index is 0.0568. The Hall–Kier alpha value is -1.11. The van der Waals surface area contributed by atoms with E-state index >= 15 is 0 Å². The molecule has 0 aromatic heterocycles. The first-order valence-electron chi connectivity index (χ1n) is 5.59. The number of halogens is 3. The zero-order chi connectivity index (χ0) is 14.7. The van der Waals surface area contributed by atoms with E-state index in [9.17, 15) is 10.1 Å². The third-order valence-electron chi connectivity index (χ3n) is 2.59. The Morgan fingerprint density at radius 1 is 1.25 bits per heavy atom. The standard InChI is InChI=1S/C13H9Br2ClN2O2/c14-9-4-8(5-10(6-9)18(19)20)7-17-12-3-1-2-11(16)13(12)15/h1-6,17H,7H2. The molecule has 0 bridgehead atoms. The predicted octanol–water partition coefficient (Wildman–Crippen LogP) is 5.39. The van der Waals surface area contributed by atoms with E-state index in [2.05, 4.69) is 37.2 Å². The zero-order valence-electron chi connectivity index (χ0n) is 10.1. The summed E-state index contributed by atoms with van der Waals surface area (Å²) in [5.41, 5.74) is 1.69. The Kier molecular flexibility index (Phi) is 5.01. The SMILES string of the molecule is O=[N+]([O-])c1cc(Br)cc(CNc2cccc(Cl)c2Br)c1. The van der Waals surface area contributed by atoms with E-state index in [-0.39, 0.29) is 5.69 Å². The van der Waals surface area contributed by atoms with Gasteiger partial charge >= 0.3 is 0 Å². The molecule has 0 aliphatic carbocycles. The molecule has 0 spiro atoms. The van der Waals surface area contributed by atoms with Crippen LogP contribution in [0.2, 0.25) is 5.02 Å². The van der Waals surface area contributed by atoms with E-state index in [4.69, 9.17) is 11.6 Å². The van der Waals surface area contributed by atoms with Crippen molar-refractivity contribution >= 4 is 54.8 Å². The van der Waals surface area contributed by atoms with Crippen LogP contribution < -0.4 is 5.32 Å². The monoisotopic (exact) mass is 418 g/mol. The highest BCUT2D eigenvalue weighted by Crippen LogP contribution is 2.30. The summed E-state index contributed by atoms with van der Waals surface area (Å²) in [6, 6.07) is 10.3. The van der Waals surface area contributed by atoms with Crippen molar-refractivity contribution in [3.63, 3.8) is 0 Å². The van der Waals surface area contributed by atoms with Crippen molar-refractivity contribution in [1.29, 1.82) is 0 Å². The number of benzene rings is 2. The summed E-state index contributed by atoms with van der Waals surface area (Å²) < 4.78 is 1.44. The Morgan fingerprint density at radius 3 is 2.70 bits per heavy atom. The van der Waals surface area contributed by atoms with E-state index in [1.54, 1.807) is 6.07 Å². The first kappa shape index (κ1) is 15.3. The first-order chi connectivity index (χ1) is 9.47. The van der Waals surface area contributed by atoms with Gasteiger partial charge in [0, 0.05) is 23.2 Å². The van der Waals surface area contributed by atoms with Crippen molar-refractivity contribution in [1.82, 2.24) is 0 Å². The number of nitro benzene ring substituents is 1. The molecule has 1 N–H and O–H groups in total. The van der Waals surface area contributed by atoms with Gasteiger partial charge in [0.05, 0.1) is 20.1 Å². The molecule has 0 amide bonds. The van der Waals surface area contributed by atoms with Gasteiger partial charge < -0.3 is 5.32 Å². The number of rotatable bonds is 4. The third-order valence-corrected chi connectivity index (χ3v) is 4.44. The van der Waals surface area contributed by atoms with E-state index in [1.807, 2.05) is 18.2 Å². The minimum atomic E-state index is -0.413. The van der Waals surface area contributed by atoms with Crippen molar-refractivity contribution in [3.05, 3.63) is 66.0 Å². The van der Waals surface area contributed by atoms with E-state index in [0.717, 1.165) is 15.7 Å². The molecule has 2 aromatic rings. The van der Waals surface area contributed by atoms with Gasteiger partial charge in [-0.15, -0.1) is 0 Å². The van der Waals surface area contributed by atoms with Crippen LogP contribution in [0, 0.1) is 10.1 Å². The number of anilines is 1. The molecular formula is C13H9Br2ClN2O2. The van der Waals surface area contributed by atoms with Crippen LogP contribution in [-0.2, 0) is 6.54 Å². The lowest BCUT2D eigenvalue weighted by Crippen LogP contribution is -2.01. The van der Waals surface area contributed by atoms with Crippen molar-refractivity contribution in [2.24, 2.45) is 0 Å². The molecule has 7 heteroatoms. The normalized spacial score (nSPS) is 10.3. The van der Waals surface area contributed by atoms with Crippen LogP contribution in [0.4, 0.5) is 11.4 Å². The van der Waals surface area contributed by atoms with Gasteiger partial charge in [0.2, 0.25) is 0 Å². The molecule has 0 saturated carbocycles. The van der Waals surface area contributed by atoms with E-state index < -0.39 is 4.92 Å². The average molecular weight is 420 g/mol. The van der Waals surface area contributed by atoms with Crippen molar-refractivity contribution in [2.75, 3.05) is 5.32 Å². The Labute approximate surface area is 137 Å². The second-order valence-electron chi connectivity index (χ2n) is 4.03. The molecular weight excluding hydrogens is 411 g/mol. The van der Waals surface area contributed by atoms with Crippen LogP contribution in [0.15, 0.2) is 45.3 Å². The number of nitrogens with zero attached hydrogens (tertiary/aromatic N) is 1. The summed E-state index contributed by atoms with van der Waals surface area (Å²) in [5, 5.41) is 14.6. The summed E-state index contributed by atoms with van der Waals surface area (Å²) in [7, 11) is 0. The van der Waals surface area contributed by atoms with Gasteiger partial charge in [0.1, 0.15) is 0 Å². The molecule has 0 aliphatic rings. The highest BCUT2D eigenvalue weighted by Gasteiger charge is 2.09. The Bertz CT molecular complexity index is 665. The number of hydrogen-bond donors (Lipinski definition) is 1. The average Bonchev–Trinajstić information content (AvgIpc) is 2.40. The second-order valence-corrected chi connectivity index (χ2v) is 6.15. The van der Waals surface area contributed by atoms with Gasteiger partial charge in [-0.05, 0) is 39.7 Å². The van der Waals surface area contributed by atoms with Gasteiger partial charge in [-0.1, -0.05) is 33.6 Å². The number of nitro groups is 1. The number of hydrogen-bond acceptors (Lipinski definition) is 3. The van der Waals surface area contributed by atoms with E-state index in [1.165, 1.54) is 12.1 Å². The van der Waals surface area contributed by atoms with Gasteiger partial charge in [-0.2, -0.15) is 0 Å². The molecule has 2 rings (SSSR count). The highest BCUT2D eigenvalue weighted by atomic mass is 79.9. The fourth-order valence-corrected chi connectivity index (χ4v) is 2.79. The second kappa shape index (κ2) is 6.56. The van der Waals surface area contributed by atoms with Crippen molar-refractivity contribution < 1.29 is 4.92 Å². The predicted molar refractivity (Wildman–Crippen MR) is 87.3 cm³/mol. The van der Waals surface area contributed by atoms with Gasteiger partial charge in [0.15, 0.2) is 0 Å². The summed E-state index contributed by atoms with van der Waals surface area (Å²) in [6.07, 6.45) is 0. The molecule has 0 fully saturated rings. The quantitative estimate of drug-likeness (QED) is 0.533. The maximum atomic E-state index is 10.8. The molecule has 4 nitrogen and oxygen atoms in total. The Balaban J connectivity index is 2.19. The lowest BCUT2D eigenvalue weighted by molar-refractivity contribution is -0.385. The lowest BCUT2D eigenvalue weighted by Gasteiger charge is -2.10. The summed E-state index contributed by atoms with van der Waals surface area (Å²) >= 11 is 12.7. The zero-order valence-corrected chi connectivity index (χ0v) is 14.0. The van der Waals surface area contributed by atoms with Crippen LogP contribution in [0.25, 0.3) is 0 Å². The minimum Gasteiger partial charge on any atom is -0.380 e. The molecule has 0 radical (unpaired) electrons. The Morgan fingerprint density at radius 2 is 2.00 bits per heavy atom. The largest absolute Gasteiger partial charge is 0.380 e. The molecule has 0 heterocycles. The van der Waals surface area contributed by atoms with Crippen LogP contribution in [0.1, 0.15) is 5.56 Å². The third kappa shape index (κ3) is 3.71. The summed E-state index contributed by atoms with van der Waals surface area (Å²) in [5.74, 6) is 0. The molecule has 20 heavy (non-hydrogen) atoms.